The summed E-state index contributed by atoms with van der Waals surface area (Å²) in [5.74, 6) is 0. The summed E-state index contributed by atoms with van der Waals surface area (Å²) in [6.45, 7) is 22.0. The summed E-state index contributed by atoms with van der Waals surface area (Å²) < 4.78 is 6.90. The van der Waals surface area contributed by atoms with Crippen molar-refractivity contribution in [3.63, 3.8) is 0 Å². The third-order valence-electron chi connectivity index (χ3n) is 16.7. The number of hydrogen-bond donors (Lipinski definition) is 0. The second-order valence-electron chi connectivity index (χ2n) is 23.6. The first-order valence-corrected chi connectivity index (χ1v) is 38.0. The van der Waals surface area contributed by atoms with E-state index in [1.165, 1.54) is 123 Å². The molecule has 0 spiro atoms. The number of halogens is 2. The van der Waals surface area contributed by atoms with Crippen molar-refractivity contribution in [2.75, 3.05) is 0 Å². The van der Waals surface area contributed by atoms with Crippen molar-refractivity contribution >= 4 is 43.8 Å². The fourth-order valence-corrected chi connectivity index (χ4v) is 33.3. The predicted octanol–water partition coefficient (Wildman–Crippen LogP) is 17.9. The van der Waals surface area contributed by atoms with Gasteiger partial charge in [-0.05, 0) is 0 Å². The minimum atomic E-state index is -4.03. The fraction of sp³-hybridized carbons (Fsp3) is 0.517. The molecule has 0 nitrogen and oxygen atoms in total. The van der Waals surface area contributed by atoms with Crippen LogP contribution in [0, 0.1) is 10.8 Å². The van der Waals surface area contributed by atoms with E-state index in [0.29, 0.717) is 18.1 Å². The smallest absolute Gasteiger partial charge is 0.147 e. The molecule has 4 aliphatic carbocycles. The molecule has 2 unspecified atom stereocenters. The zero-order chi connectivity index (χ0) is 42.7. The van der Waals surface area contributed by atoms with Gasteiger partial charge in [-0.2, -0.15) is 0 Å². The summed E-state index contributed by atoms with van der Waals surface area (Å²) in [6.07, 6.45) is 24.7. The Morgan fingerprint density at radius 1 is 0.500 bits per heavy atom. The molecular formula is C58H80Cl2SiZr. The van der Waals surface area contributed by atoms with Crippen molar-refractivity contribution < 1.29 is 17.4 Å². The molecule has 4 heteroatoms. The van der Waals surface area contributed by atoms with Crippen molar-refractivity contribution in [1.29, 1.82) is 0 Å². The predicted molar refractivity (Wildman–Crippen MR) is 278 cm³/mol. The molecule has 0 radical (unpaired) electrons. The Hall–Kier alpha value is -1.96. The molecule has 0 saturated heterocycles. The Morgan fingerprint density at radius 2 is 0.839 bits per heavy atom. The van der Waals surface area contributed by atoms with Crippen LogP contribution in [0.4, 0.5) is 0 Å². The number of allylic oxidation sites excluding steroid dienone is 2. The Kier molecular flexibility index (Phi) is 14.7. The third-order valence-corrected chi connectivity index (χ3v) is 34.2. The first-order chi connectivity index (χ1) is 28.4. The largest absolute Gasteiger partial charge is 0.147 e. The van der Waals surface area contributed by atoms with E-state index in [2.05, 4.69) is 169 Å². The molecule has 334 valence electrons. The summed E-state index contributed by atoms with van der Waals surface area (Å²) in [6, 6.07) is 33.7. The molecule has 0 amide bonds. The van der Waals surface area contributed by atoms with E-state index in [1.807, 2.05) is 0 Å². The zero-order valence-electron chi connectivity index (χ0n) is 40.3. The molecule has 4 aromatic rings. The van der Waals surface area contributed by atoms with Crippen LogP contribution in [0.3, 0.4) is 0 Å². The molecule has 0 bridgehead atoms. The maximum absolute atomic E-state index is 4.03. The monoisotopic (exact) mass is 964 g/mol. The molecule has 62 heavy (non-hydrogen) atoms. The van der Waals surface area contributed by atoms with Gasteiger partial charge < -0.3 is 0 Å². The molecule has 0 heterocycles. The summed E-state index contributed by atoms with van der Waals surface area (Å²) in [7, 11) is 0. The van der Waals surface area contributed by atoms with Crippen LogP contribution in [0.1, 0.15) is 186 Å². The Labute approximate surface area is 393 Å². The summed E-state index contributed by atoms with van der Waals surface area (Å²) in [5.41, 5.74) is 19.6. The van der Waals surface area contributed by atoms with E-state index in [0.717, 1.165) is 0 Å². The molecule has 8 rings (SSSR count). The second kappa shape index (κ2) is 18.4. The van der Waals surface area contributed by atoms with Gasteiger partial charge in [-0.3, -0.25) is 0 Å². The van der Waals surface area contributed by atoms with Gasteiger partial charge in [-0.25, -0.2) is 0 Å². The summed E-state index contributed by atoms with van der Waals surface area (Å²) in [5, 5.41) is 0. The number of hydrogen-bond acceptors (Lipinski definition) is 0. The SMILES string of the molecule is CCC1(CC2=Cc3c(-c4ccccc4C(C)(C)C)cccc3[CH]2[Zr]([CH3])([CH3])(=[SiH2])[CH]2C(CC3(CC)CCCCC3)=Cc3c(-c4ccccc4C(C)(C)C)cccc32)CCCCC1.Cl.Cl. The molecule has 2 saturated carbocycles. The molecule has 0 aliphatic heterocycles. The molecule has 2 atom stereocenters. The van der Waals surface area contributed by atoms with Gasteiger partial charge in [0.15, 0.2) is 0 Å². The third kappa shape index (κ3) is 9.10. The van der Waals surface area contributed by atoms with E-state index < -0.39 is 17.4 Å². The van der Waals surface area contributed by atoms with Gasteiger partial charge in [0.1, 0.15) is 0 Å². The van der Waals surface area contributed by atoms with Crippen molar-refractivity contribution in [1.82, 2.24) is 0 Å². The van der Waals surface area contributed by atoms with Gasteiger partial charge in [0.05, 0.1) is 0 Å². The van der Waals surface area contributed by atoms with Gasteiger partial charge >= 0.3 is 372 Å². The first kappa shape index (κ1) is 49.5. The van der Waals surface area contributed by atoms with Gasteiger partial charge in [-0.1, -0.05) is 0 Å². The first-order valence-electron chi connectivity index (χ1n) is 24.3. The Morgan fingerprint density at radius 3 is 1.18 bits per heavy atom. The minimum Gasteiger partial charge on any atom is -0.147 e. The van der Waals surface area contributed by atoms with Crippen molar-refractivity contribution in [2.24, 2.45) is 10.8 Å². The van der Waals surface area contributed by atoms with Crippen LogP contribution in [0.25, 0.3) is 34.4 Å². The standard InChI is InChI=1S/2C28H35.2CH3.2ClH.H2Si.Zr/c2*1-5-28(16-9-6-10-17-28)20-21-18-22-12-11-14-23(25(22)19-21)24-13-7-8-15-26(24)27(2,3)4;;;;;;/h2*7-8,11-15,18-19H,5-6,9-10,16-17,20H2,1-4H3;2*1H3;2*1H;1H2;. The van der Waals surface area contributed by atoms with Crippen LogP contribution in [-0.4, -0.2) is 6.88 Å². The minimum absolute atomic E-state index is 0. The number of benzene rings is 4. The molecule has 4 aromatic carbocycles. The molecule has 4 aliphatic rings. The number of fused-ring (bicyclic) bond motifs is 2. The second-order valence-corrected chi connectivity index (χ2v) is 54.1. The van der Waals surface area contributed by atoms with Crippen molar-refractivity contribution in [3.8, 4) is 22.3 Å². The quantitative estimate of drug-likeness (QED) is 0.139. The van der Waals surface area contributed by atoms with Crippen LogP contribution in [0.5, 0.6) is 0 Å². The van der Waals surface area contributed by atoms with E-state index in [-0.39, 0.29) is 35.6 Å². The average molecular weight is 967 g/mol. The van der Waals surface area contributed by atoms with Gasteiger partial charge in [0.25, 0.3) is 0 Å². The Bertz CT molecular complexity index is 2220. The fourth-order valence-electron chi connectivity index (χ4n) is 13.6. The van der Waals surface area contributed by atoms with Crippen LogP contribution in [0.15, 0.2) is 96.1 Å². The average Bonchev–Trinajstić information content (AvgIpc) is 3.80. The summed E-state index contributed by atoms with van der Waals surface area (Å²) in [4.78, 5) is 0. The molecule has 2 fully saturated rings. The van der Waals surface area contributed by atoms with Crippen LogP contribution < -0.4 is 0 Å². The van der Waals surface area contributed by atoms with Crippen molar-refractivity contribution in [3.05, 3.63) is 129 Å². The van der Waals surface area contributed by atoms with Crippen LogP contribution >= 0.6 is 24.8 Å². The zero-order valence-corrected chi connectivity index (χ0v) is 45.8. The van der Waals surface area contributed by atoms with E-state index >= 15 is 0 Å². The van der Waals surface area contributed by atoms with E-state index in [9.17, 15) is 0 Å². The normalized spacial score (nSPS) is 20.9. The van der Waals surface area contributed by atoms with Gasteiger partial charge in [-0.15, -0.1) is 24.8 Å². The Balaban J connectivity index is 0.00000321. The van der Waals surface area contributed by atoms with Crippen LogP contribution in [0.2, 0.25) is 9.26 Å². The maximum Gasteiger partial charge on any atom is -0.147 e. The van der Waals surface area contributed by atoms with Gasteiger partial charge in [0, 0.05) is 0 Å². The number of rotatable bonds is 10. The maximum atomic E-state index is 2.94. The van der Waals surface area contributed by atoms with E-state index in [1.54, 1.807) is 33.4 Å². The molecule has 0 aromatic heterocycles. The van der Waals surface area contributed by atoms with Crippen molar-refractivity contribution in [2.45, 2.75) is 173 Å². The molecular weight excluding hydrogens is 887 g/mol. The molecule has 0 N–H and O–H groups in total. The summed E-state index contributed by atoms with van der Waals surface area (Å²) >= 11 is -4.03. The van der Waals surface area contributed by atoms with Crippen LogP contribution in [-0.2, 0) is 28.2 Å². The van der Waals surface area contributed by atoms with E-state index in [4.69, 9.17) is 0 Å². The van der Waals surface area contributed by atoms with Gasteiger partial charge in [0.2, 0.25) is 0 Å². The topological polar surface area (TPSA) is 0 Å².